The van der Waals surface area contributed by atoms with Crippen LogP contribution in [0.15, 0.2) is 47.4 Å². The number of aryl methyl sites for hydroxylation is 1. The first-order chi connectivity index (χ1) is 14.6. The molecular weight excluding hydrogens is 380 g/mol. The Morgan fingerprint density at radius 1 is 1.17 bits per heavy atom. The highest BCUT2D eigenvalue weighted by Gasteiger charge is 2.28. The summed E-state index contributed by atoms with van der Waals surface area (Å²) >= 11 is 0. The van der Waals surface area contributed by atoms with Gasteiger partial charge in [0.25, 0.3) is 5.56 Å². The molecule has 3 aromatic rings. The van der Waals surface area contributed by atoms with E-state index in [1.807, 2.05) is 55.1 Å². The maximum absolute atomic E-state index is 13.4. The van der Waals surface area contributed by atoms with Crippen LogP contribution in [0, 0.1) is 12.8 Å². The lowest BCUT2D eigenvalue weighted by Gasteiger charge is -2.31. The van der Waals surface area contributed by atoms with Gasteiger partial charge in [-0.3, -0.25) is 14.2 Å². The minimum absolute atomic E-state index is 0.113. The van der Waals surface area contributed by atoms with E-state index >= 15 is 0 Å². The first-order valence-corrected chi connectivity index (χ1v) is 10.4. The molecule has 7 heteroatoms. The van der Waals surface area contributed by atoms with Gasteiger partial charge in [0.1, 0.15) is 5.52 Å². The minimum atomic E-state index is -0.156. The summed E-state index contributed by atoms with van der Waals surface area (Å²) in [7, 11) is 0. The molecule has 156 valence electrons. The summed E-state index contributed by atoms with van der Waals surface area (Å²) in [4.78, 5) is 36.5. The fraction of sp³-hybridized carbons (Fsp3) is 0.391. The Kier molecular flexibility index (Phi) is 5.79. The van der Waals surface area contributed by atoms with E-state index < -0.39 is 0 Å². The van der Waals surface area contributed by atoms with Crippen molar-refractivity contribution in [3.05, 3.63) is 64.1 Å². The second kappa shape index (κ2) is 8.65. The highest BCUT2D eigenvalue weighted by Crippen LogP contribution is 2.22. The van der Waals surface area contributed by atoms with Crippen LogP contribution in [0.5, 0.6) is 0 Å². The summed E-state index contributed by atoms with van der Waals surface area (Å²) in [5.74, 6) is 0.160. The van der Waals surface area contributed by atoms with Crippen molar-refractivity contribution in [2.24, 2.45) is 5.92 Å². The highest BCUT2D eigenvalue weighted by molar-refractivity contribution is 5.74. The smallest absolute Gasteiger partial charge is 0.309 e. The molecule has 30 heavy (non-hydrogen) atoms. The molecule has 1 saturated heterocycles. The van der Waals surface area contributed by atoms with Crippen LogP contribution in [0.25, 0.3) is 11.2 Å². The Balaban J connectivity index is 1.66. The van der Waals surface area contributed by atoms with Crippen LogP contribution < -0.4 is 10.5 Å². The number of piperidine rings is 1. The fourth-order valence-corrected chi connectivity index (χ4v) is 3.88. The Bertz CT molecular complexity index is 1100. The molecule has 0 amide bonds. The number of ether oxygens (including phenoxy) is 1. The fourth-order valence-electron chi connectivity index (χ4n) is 3.88. The van der Waals surface area contributed by atoms with Crippen LogP contribution in [0.3, 0.4) is 0 Å². The minimum Gasteiger partial charge on any atom is -0.466 e. The van der Waals surface area contributed by atoms with E-state index in [0.717, 1.165) is 5.56 Å². The van der Waals surface area contributed by atoms with E-state index in [1.165, 1.54) is 5.56 Å². The van der Waals surface area contributed by atoms with Crippen LogP contribution in [-0.2, 0) is 16.1 Å². The Morgan fingerprint density at radius 3 is 2.60 bits per heavy atom. The molecule has 0 N–H and O–H groups in total. The molecule has 0 unspecified atom stereocenters. The number of aromatic nitrogens is 3. The highest BCUT2D eigenvalue weighted by atomic mass is 16.5. The quantitative estimate of drug-likeness (QED) is 0.607. The Labute approximate surface area is 175 Å². The van der Waals surface area contributed by atoms with Crippen molar-refractivity contribution in [1.82, 2.24) is 14.5 Å². The average molecular weight is 406 g/mol. The molecule has 1 fully saturated rings. The molecule has 1 aromatic carbocycles. The number of carbonyl (C=O) groups excluding carboxylic acids is 1. The van der Waals surface area contributed by atoms with Gasteiger partial charge in [-0.2, -0.15) is 0 Å². The predicted molar refractivity (Wildman–Crippen MR) is 116 cm³/mol. The number of fused-ring (bicyclic) bond motifs is 1. The standard InChI is InChI=1S/C23H26N4O3/c1-3-30-23(29)18-10-13-26(14-11-18)21-22(28)27(15-17-8-6-16(2)7-9-17)20-19(25-21)5-4-12-24-20/h4-9,12,18H,3,10-11,13-15H2,1-2H3. The number of hydrogen-bond donors (Lipinski definition) is 0. The number of hydrogen-bond acceptors (Lipinski definition) is 6. The first kappa shape index (κ1) is 20.1. The molecule has 2 aromatic heterocycles. The molecule has 7 nitrogen and oxygen atoms in total. The van der Waals surface area contributed by atoms with Gasteiger partial charge in [-0.05, 0) is 44.4 Å². The average Bonchev–Trinajstić information content (AvgIpc) is 2.77. The molecule has 0 atom stereocenters. The van der Waals surface area contributed by atoms with Gasteiger partial charge in [-0.1, -0.05) is 29.8 Å². The lowest BCUT2D eigenvalue weighted by Crippen LogP contribution is -2.41. The van der Waals surface area contributed by atoms with Crippen LogP contribution in [0.1, 0.15) is 30.9 Å². The third-order valence-corrected chi connectivity index (χ3v) is 5.56. The molecule has 0 spiro atoms. The summed E-state index contributed by atoms with van der Waals surface area (Å²) < 4.78 is 6.84. The van der Waals surface area contributed by atoms with Crippen molar-refractivity contribution >= 4 is 23.0 Å². The van der Waals surface area contributed by atoms with E-state index in [9.17, 15) is 9.59 Å². The zero-order valence-electron chi connectivity index (χ0n) is 17.4. The Morgan fingerprint density at radius 2 is 1.90 bits per heavy atom. The normalized spacial score (nSPS) is 14.8. The third kappa shape index (κ3) is 4.06. The van der Waals surface area contributed by atoms with Crippen molar-refractivity contribution in [3.8, 4) is 0 Å². The summed E-state index contributed by atoms with van der Waals surface area (Å²) in [6.07, 6.45) is 2.99. The van der Waals surface area contributed by atoms with Crippen LogP contribution >= 0.6 is 0 Å². The predicted octanol–water partition coefficient (Wildman–Crippen LogP) is 2.93. The lowest BCUT2D eigenvalue weighted by atomic mass is 9.97. The van der Waals surface area contributed by atoms with Crippen molar-refractivity contribution in [2.75, 3.05) is 24.6 Å². The number of esters is 1. The zero-order valence-corrected chi connectivity index (χ0v) is 17.4. The summed E-state index contributed by atoms with van der Waals surface area (Å²) in [6.45, 7) is 5.88. The van der Waals surface area contributed by atoms with Gasteiger partial charge in [-0.15, -0.1) is 0 Å². The second-order valence-electron chi connectivity index (χ2n) is 7.67. The number of rotatable bonds is 5. The van der Waals surface area contributed by atoms with E-state index in [4.69, 9.17) is 4.74 Å². The third-order valence-electron chi connectivity index (χ3n) is 5.56. The molecule has 0 aliphatic carbocycles. The monoisotopic (exact) mass is 406 g/mol. The second-order valence-corrected chi connectivity index (χ2v) is 7.67. The van der Waals surface area contributed by atoms with Gasteiger partial charge < -0.3 is 9.64 Å². The summed E-state index contributed by atoms with van der Waals surface area (Å²) in [6, 6.07) is 11.8. The Hall–Kier alpha value is -3.22. The van der Waals surface area contributed by atoms with Crippen molar-refractivity contribution in [1.29, 1.82) is 0 Å². The van der Waals surface area contributed by atoms with E-state index in [2.05, 4.69) is 9.97 Å². The van der Waals surface area contributed by atoms with Crippen LogP contribution in [-0.4, -0.2) is 40.2 Å². The molecule has 0 bridgehead atoms. The maximum Gasteiger partial charge on any atom is 0.309 e. The number of anilines is 1. The van der Waals surface area contributed by atoms with Gasteiger partial charge in [0.05, 0.1) is 19.1 Å². The summed E-state index contributed by atoms with van der Waals surface area (Å²) in [5.41, 5.74) is 3.32. The maximum atomic E-state index is 13.4. The van der Waals surface area contributed by atoms with Gasteiger partial charge in [-0.25, -0.2) is 9.97 Å². The van der Waals surface area contributed by atoms with Crippen molar-refractivity contribution < 1.29 is 9.53 Å². The molecule has 0 saturated carbocycles. The molecule has 1 aliphatic rings. The zero-order chi connectivity index (χ0) is 21.1. The van der Waals surface area contributed by atoms with Gasteiger partial charge >= 0.3 is 5.97 Å². The number of nitrogens with zero attached hydrogens (tertiary/aromatic N) is 4. The molecule has 4 rings (SSSR count). The number of benzene rings is 1. The van der Waals surface area contributed by atoms with Gasteiger partial charge in [0.15, 0.2) is 11.5 Å². The van der Waals surface area contributed by atoms with Gasteiger partial charge in [0.2, 0.25) is 0 Å². The van der Waals surface area contributed by atoms with Crippen molar-refractivity contribution in [3.63, 3.8) is 0 Å². The topological polar surface area (TPSA) is 77.3 Å². The van der Waals surface area contributed by atoms with Gasteiger partial charge in [0, 0.05) is 19.3 Å². The van der Waals surface area contributed by atoms with Crippen LogP contribution in [0.4, 0.5) is 5.82 Å². The molecule has 3 heterocycles. The van der Waals surface area contributed by atoms with E-state index in [0.29, 0.717) is 56.1 Å². The largest absolute Gasteiger partial charge is 0.466 e. The molecule has 1 aliphatic heterocycles. The van der Waals surface area contributed by atoms with Crippen molar-refractivity contribution in [2.45, 2.75) is 33.2 Å². The van der Waals surface area contributed by atoms with E-state index in [1.54, 1.807) is 10.8 Å². The molecule has 0 radical (unpaired) electrons. The van der Waals surface area contributed by atoms with Crippen LogP contribution in [0.2, 0.25) is 0 Å². The number of pyridine rings is 1. The molecular formula is C23H26N4O3. The summed E-state index contributed by atoms with van der Waals surface area (Å²) in [5, 5.41) is 0. The first-order valence-electron chi connectivity index (χ1n) is 10.4. The SMILES string of the molecule is CCOC(=O)C1CCN(c2nc3cccnc3n(Cc3ccc(C)cc3)c2=O)CC1. The lowest BCUT2D eigenvalue weighted by molar-refractivity contribution is -0.148. The number of carbonyl (C=O) groups is 1. The van der Waals surface area contributed by atoms with E-state index in [-0.39, 0.29) is 17.4 Å².